The molecule has 0 spiro atoms. The summed E-state index contributed by atoms with van der Waals surface area (Å²) in [5.41, 5.74) is 2.29. The number of nitrogens with zero attached hydrogens (tertiary/aromatic N) is 4. The first-order valence-electron chi connectivity index (χ1n) is 24.5. The van der Waals surface area contributed by atoms with Gasteiger partial charge in [0.05, 0.1) is 52.9 Å². The predicted molar refractivity (Wildman–Crippen MR) is 285 cm³/mol. The molecule has 2 saturated heterocycles. The number of aromatic nitrogens is 1. The van der Waals surface area contributed by atoms with Crippen molar-refractivity contribution < 1.29 is 66.4 Å². The Morgan fingerprint density at radius 3 is 2.21 bits per heavy atom. The van der Waals surface area contributed by atoms with Crippen LogP contribution in [-0.2, 0) is 41.8 Å². The number of thioether (sulfide) groups is 1. The van der Waals surface area contributed by atoms with E-state index in [4.69, 9.17) is 33.3 Å². The van der Waals surface area contributed by atoms with Gasteiger partial charge in [-0.1, -0.05) is 36.3 Å². The molecule has 3 aliphatic heterocycles. The zero-order valence-electron chi connectivity index (χ0n) is 43.7. The monoisotopic (exact) mass is 1070 g/mol. The number of likely N-dealkylation sites (tertiary alicyclic amines) is 1. The zero-order valence-corrected chi connectivity index (χ0v) is 45.4. The molecule has 75 heavy (non-hydrogen) atoms. The van der Waals surface area contributed by atoms with Gasteiger partial charge in [-0.3, -0.25) is 24.5 Å². The summed E-state index contributed by atoms with van der Waals surface area (Å²) in [5, 5.41) is 13.9. The second kappa shape index (κ2) is 25.0. The zero-order chi connectivity index (χ0) is 53.9. The van der Waals surface area contributed by atoms with Crippen LogP contribution in [-0.4, -0.2) is 141 Å². The Morgan fingerprint density at radius 1 is 0.907 bits per heavy atom. The first kappa shape index (κ1) is 55.8. The molecule has 4 amide bonds. The molecule has 5 atom stereocenters. The number of carbonyl (C=O) groups excluding carboxylic acids is 5. The molecular formula is C52H65BN7O13S2+. The third-order valence-electron chi connectivity index (χ3n) is 12.9. The number of anilines is 1. The minimum absolute atomic E-state index is 0.0796. The van der Waals surface area contributed by atoms with Gasteiger partial charge in [-0.25, -0.2) is 9.78 Å². The van der Waals surface area contributed by atoms with Crippen molar-refractivity contribution in [3.05, 3.63) is 100 Å². The van der Waals surface area contributed by atoms with Crippen LogP contribution in [0.3, 0.4) is 0 Å². The summed E-state index contributed by atoms with van der Waals surface area (Å²) in [6.45, 7) is 9.05. The molecule has 4 heterocycles. The normalized spacial score (nSPS) is 20.3. The van der Waals surface area contributed by atoms with Crippen LogP contribution in [0.5, 0.6) is 28.7 Å². The molecule has 0 saturated carbocycles. The van der Waals surface area contributed by atoms with E-state index < -0.39 is 29.6 Å². The number of fused-ring (bicyclic) bond motifs is 1. The van der Waals surface area contributed by atoms with Crippen LogP contribution >= 0.6 is 23.1 Å². The van der Waals surface area contributed by atoms with Crippen molar-refractivity contribution in [3.63, 3.8) is 0 Å². The van der Waals surface area contributed by atoms with Gasteiger partial charge in [0.1, 0.15) is 60.6 Å². The van der Waals surface area contributed by atoms with Crippen molar-refractivity contribution in [2.24, 2.45) is 5.16 Å². The highest BCUT2D eigenvalue weighted by Crippen LogP contribution is 2.42. The highest BCUT2D eigenvalue weighted by molar-refractivity contribution is 8.00. The van der Waals surface area contributed by atoms with Gasteiger partial charge >= 0.3 is 14.1 Å². The van der Waals surface area contributed by atoms with Crippen LogP contribution in [0.2, 0.25) is 0 Å². The summed E-state index contributed by atoms with van der Waals surface area (Å²) >= 11 is 2.60. The number of piperidine rings is 1. The Labute approximate surface area is 445 Å². The second-order valence-corrected chi connectivity index (χ2v) is 21.3. The molecule has 3 aliphatic rings. The van der Waals surface area contributed by atoms with Crippen LogP contribution in [0.25, 0.3) is 0 Å². The first-order valence-corrected chi connectivity index (χ1v) is 26.4. The lowest BCUT2D eigenvalue weighted by Gasteiger charge is -2.50. The molecule has 4 aromatic rings. The number of amides is 4. The molecule has 3 N–H and O–H groups in total. The number of rotatable bonds is 22. The minimum atomic E-state index is -0.857. The Morgan fingerprint density at radius 2 is 1.59 bits per heavy atom. The maximum Gasteiger partial charge on any atom is 0.413 e. The fraction of sp³-hybridized carbons (Fsp3) is 0.442. The minimum Gasteiger partial charge on any atom is -0.543 e. The number of quaternary nitrogens is 1. The number of ether oxygens (including phenoxy) is 6. The fourth-order valence-electron chi connectivity index (χ4n) is 8.98. The van der Waals surface area contributed by atoms with Crippen LogP contribution < -0.4 is 39.6 Å². The maximum atomic E-state index is 14.2. The number of likely N-dealkylation sites (N-methyl/N-ethyl adjacent to an activating group) is 1. The third-order valence-corrected chi connectivity index (χ3v) is 15.0. The highest BCUT2D eigenvalue weighted by Gasteiger charge is 2.51. The lowest BCUT2D eigenvalue weighted by molar-refractivity contribution is -0.934. The summed E-state index contributed by atoms with van der Waals surface area (Å²) in [6.07, 6.45) is 3.38. The van der Waals surface area contributed by atoms with Crippen molar-refractivity contribution >= 4 is 71.8 Å². The Bertz CT molecular complexity index is 2750. The quantitative estimate of drug-likeness (QED) is 0.0206. The molecule has 23 heteroatoms. The van der Waals surface area contributed by atoms with Gasteiger partial charge in [-0.05, 0) is 74.7 Å². The molecule has 3 aromatic carbocycles. The van der Waals surface area contributed by atoms with E-state index in [2.05, 4.69) is 44.7 Å². The first-order chi connectivity index (χ1) is 35.9. The van der Waals surface area contributed by atoms with E-state index in [0.29, 0.717) is 29.4 Å². The number of benzene rings is 3. The summed E-state index contributed by atoms with van der Waals surface area (Å²) in [7, 11) is 8.21. The van der Waals surface area contributed by atoms with Crippen molar-refractivity contribution in [2.45, 2.75) is 95.7 Å². The summed E-state index contributed by atoms with van der Waals surface area (Å²) in [6, 6.07) is 17.8. The third kappa shape index (κ3) is 14.2. The summed E-state index contributed by atoms with van der Waals surface area (Å²) < 4.78 is 40.0. The van der Waals surface area contributed by atoms with Crippen molar-refractivity contribution in [1.82, 2.24) is 20.5 Å². The van der Waals surface area contributed by atoms with Gasteiger partial charge in [-0.15, -0.1) is 23.1 Å². The largest absolute Gasteiger partial charge is 0.543 e. The maximum absolute atomic E-state index is 14.2. The molecule has 0 bridgehead atoms. The SMILES string of the molecule is BOC(=O)CCO/N=C(\C(=O)N[C@@H]1C(=O)N2C=C(C[N+]3(C)CC[C@@H](NC(=O)c4ccc(OCc5ccc(OC)cc5)c(OCc5ccc(OC)cc5)c4OC)C[C@H]3CC)CS[C@H]12)c1csc(NC(=O)OC(C)(C)C)n1. The molecule has 2 fully saturated rings. The number of hydrogen-bond donors (Lipinski definition) is 3. The van der Waals surface area contributed by atoms with E-state index in [1.807, 2.05) is 54.7 Å². The molecule has 400 valence electrons. The number of thiazole rings is 1. The topological polar surface area (TPSA) is 224 Å². The van der Waals surface area contributed by atoms with E-state index in [1.54, 1.807) is 63.8 Å². The summed E-state index contributed by atoms with van der Waals surface area (Å²) in [4.78, 5) is 77.2. The van der Waals surface area contributed by atoms with Crippen LogP contribution in [0.1, 0.15) is 80.6 Å². The van der Waals surface area contributed by atoms with Gasteiger partial charge < -0.3 is 57.9 Å². The molecular weight excluding hydrogens is 1010 g/mol. The Balaban J connectivity index is 0.982. The van der Waals surface area contributed by atoms with Crippen LogP contribution in [0.15, 0.2) is 83.0 Å². The average Bonchev–Trinajstić information content (AvgIpc) is 3.86. The molecule has 0 radical (unpaired) electrons. The molecule has 1 aromatic heterocycles. The van der Waals surface area contributed by atoms with Crippen LogP contribution in [0.4, 0.5) is 9.93 Å². The van der Waals surface area contributed by atoms with Gasteiger partial charge in [0.15, 0.2) is 22.3 Å². The number of methoxy groups -OCH3 is 3. The Hall–Kier alpha value is -6.98. The molecule has 1 unspecified atom stereocenters. The second-order valence-electron chi connectivity index (χ2n) is 19.3. The van der Waals surface area contributed by atoms with E-state index in [9.17, 15) is 24.0 Å². The van der Waals surface area contributed by atoms with Crippen molar-refractivity contribution in [3.8, 4) is 28.7 Å². The molecule has 7 rings (SSSR count). The van der Waals surface area contributed by atoms with E-state index in [1.165, 1.54) is 20.5 Å². The van der Waals surface area contributed by atoms with E-state index >= 15 is 0 Å². The standard InChI is InChI=1S/C52H64BN7O13S2/c1-9-35-24-34(54-46(62)38-18-19-40(69-27-31-10-14-36(66-6)15-11-31)45(44(38)68-8)70-28-32-12-16-37(67-7)17-13-32)20-22-60(35,5)26-33-25-59-48(64)43(49(59)74-29-33)56-47(63)42(58-71-23-21-41(61)73-53)39-30-75-50(55-39)57-51(65)72-52(2,3)4/h10-19,25,30,34-35,43,49H,9,20-24,26-29,53H2,1-8H3,(H2-,54,55,56,57,62,63,65)/p+1/b58-42-/t34-,35-,43-,49-,60?/m1/s1. The van der Waals surface area contributed by atoms with Crippen molar-refractivity contribution in [2.75, 3.05) is 59.1 Å². The van der Waals surface area contributed by atoms with Crippen molar-refractivity contribution in [1.29, 1.82) is 0 Å². The number of carbonyl (C=O) groups is 5. The average molecular weight is 1070 g/mol. The molecule has 0 aliphatic carbocycles. The van der Waals surface area contributed by atoms with E-state index in [-0.39, 0.29) is 77.8 Å². The highest BCUT2D eigenvalue weighted by atomic mass is 32.2. The lowest BCUT2D eigenvalue weighted by atomic mass is 9.91. The number of hydrogen-bond acceptors (Lipinski definition) is 17. The molecule has 20 nitrogen and oxygen atoms in total. The van der Waals surface area contributed by atoms with E-state index in [0.717, 1.165) is 69.8 Å². The lowest BCUT2D eigenvalue weighted by Crippen LogP contribution is -2.69. The van der Waals surface area contributed by atoms with Gasteiger partial charge in [0.2, 0.25) is 5.75 Å². The summed E-state index contributed by atoms with van der Waals surface area (Å²) in [5.74, 6) is 1.26. The number of oxime groups is 1. The Kier molecular flexibility index (Phi) is 18.6. The van der Waals surface area contributed by atoms with Gasteiger partial charge in [-0.2, -0.15) is 0 Å². The van der Waals surface area contributed by atoms with Gasteiger partial charge in [0, 0.05) is 41.8 Å². The predicted octanol–water partition coefficient (Wildman–Crippen LogP) is 5.98. The van der Waals surface area contributed by atoms with Crippen LogP contribution in [0, 0.1) is 0 Å². The smallest absolute Gasteiger partial charge is 0.413 e. The van der Waals surface area contributed by atoms with Gasteiger partial charge in [0.25, 0.3) is 23.7 Å². The fourth-order valence-corrected chi connectivity index (χ4v) is 10.9. The number of β-lactam (4-membered cyclic amide) rings is 1. The number of nitrogens with one attached hydrogen (secondary N) is 3.